The molecule has 1 N–H and O–H groups in total. The molecule has 1 heterocycles. The van der Waals surface area contributed by atoms with E-state index in [9.17, 15) is 0 Å². The largest absolute Gasteiger partial charge is 0.491 e. The van der Waals surface area contributed by atoms with Gasteiger partial charge in [-0.15, -0.1) is 0 Å². The van der Waals surface area contributed by atoms with Crippen molar-refractivity contribution in [3.8, 4) is 5.75 Å². The molecule has 1 aliphatic rings. The fraction of sp³-hybridized carbons (Fsp3) is 0.600. The Bertz CT molecular complexity index is 367. The first-order chi connectivity index (χ1) is 8.83. The van der Waals surface area contributed by atoms with Crippen LogP contribution in [0.3, 0.4) is 0 Å². The van der Waals surface area contributed by atoms with Crippen molar-refractivity contribution in [2.75, 3.05) is 33.4 Å². The Morgan fingerprint density at radius 1 is 1.28 bits per heavy atom. The molecule has 1 aromatic carbocycles. The van der Waals surface area contributed by atoms with Gasteiger partial charge in [-0.05, 0) is 30.5 Å². The van der Waals surface area contributed by atoms with Gasteiger partial charge in [0.25, 0.3) is 0 Å². The molecule has 100 valence electrons. The second-order valence-corrected chi connectivity index (χ2v) is 4.96. The lowest BCUT2D eigenvalue weighted by Gasteiger charge is -2.31. The van der Waals surface area contributed by atoms with Crippen LogP contribution in [0.25, 0.3) is 0 Å². The molecule has 3 heteroatoms. The van der Waals surface area contributed by atoms with Gasteiger partial charge in [0.1, 0.15) is 12.4 Å². The number of ether oxygens (including phenoxy) is 2. The van der Waals surface area contributed by atoms with Crippen molar-refractivity contribution in [1.82, 2.24) is 5.32 Å². The van der Waals surface area contributed by atoms with Gasteiger partial charge in [-0.25, -0.2) is 0 Å². The molecule has 18 heavy (non-hydrogen) atoms. The number of piperidine rings is 1. The topological polar surface area (TPSA) is 30.5 Å². The number of para-hydroxylation sites is 1. The van der Waals surface area contributed by atoms with Gasteiger partial charge in [0, 0.05) is 19.6 Å². The lowest BCUT2D eigenvalue weighted by Crippen LogP contribution is -2.34. The monoisotopic (exact) mass is 249 g/mol. The van der Waals surface area contributed by atoms with Crippen LogP contribution in [-0.4, -0.2) is 33.4 Å². The summed E-state index contributed by atoms with van der Waals surface area (Å²) in [4.78, 5) is 0. The predicted octanol–water partition coefficient (Wildman–Crippen LogP) is 2.42. The average molecular weight is 249 g/mol. The molecule has 0 spiro atoms. The van der Waals surface area contributed by atoms with Crippen molar-refractivity contribution < 1.29 is 9.47 Å². The summed E-state index contributed by atoms with van der Waals surface area (Å²) in [6.07, 6.45) is 1.23. The zero-order valence-corrected chi connectivity index (χ0v) is 11.3. The lowest BCUT2D eigenvalue weighted by molar-refractivity contribution is 0.145. The normalized spacial score (nSPS) is 23.9. The summed E-state index contributed by atoms with van der Waals surface area (Å²) in [5, 5.41) is 3.48. The minimum atomic E-state index is 0.553. The van der Waals surface area contributed by atoms with Crippen molar-refractivity contribution in [1.29, 1.82) is 0 Å². The van der Waals surface area contributed by atoms with E-state index < -0.39 is 0 Å². The summed E-state index contributed by atoms with van der Waals surface area (Å²) in [5.41, 5.74) is 1.33. The maximum Gasteiger partial charge on any atom is 0.122 e. The van der Waals surface area contributed by atoms with Gasteiger partial charge in [-0.2, -0.15) is 0 Å². The smallest absolute Gasteiger partial charge is 0.122 e. The minimum absolute atomic E-state index is 0.553. The second kappa shape index (κ2) is 6.76. The molecular weight excluding hydrogens is 226 g/mol. The maximum atomic E-state index is 5.83. The van der Waals surface area contributed by atoms with Crippen LogP contribution in [0.2, 0.25) is 0 Å². The van der Waals surface area contributed by atoms with Gasteiger partial charge in [0.2, 0.25) is 0 Å². The molecule has 0 amide bonds. The molecule has 3 nitrogen and oxygen atoms in total. The number of hydrogen-bond acceptors (Lipinski definition) is 3. The van der Waals surface area contributed by atoms with Gasteiger partial charge in [-0.3, -0.25) is 0 Å². The molecule has 0 radical (unpaired) electrons. The Morgan fingerprint density at radius 2 is 2.11 bits per heavy atom. The summed E-state index contributed by atoms with van der Waals surface area (Å²) >= 11 is 0. The van der Waals surface area contributed by atoms with Crippen molar-refractivity contribution in [3.05, 3.63) is 29.8 Å². The molecular formula is C15H23NO2. The van der Waals surface area contributed by atoms with E-state index in [2.05, 4.69) is 30.4 Å². The number of rotatable bonds is 5. The number of methoxy groups -OCH3 is 1. The van der Waals surface area contributed by atoms with E-state index >= 15 is 0 Å². The quantitative estimate of drug-likeness (QED) is 0.813. The zero-order valence-electron chi connectivity index (χ0n) is 11.3. The number of nitrogens with one attached hydrogen (secondary N) is 1. The van der Waals surface area contributed by atoms with E-state index in [0.29, 0.717) is 25.0 Å². The molecule has 0 aromatic heterocycles. The molecule has 0 aliphatic carbocycles. The SMILES string of the molecule is COCCOc1ccccc1C1CNCCC1C. The molecule has 0 saturated carbocycles. The molecule has 2 atom stereocenters. The van der Waals surface area contributed by atoms with E-state index in [1.807, 2.05) is 6.07 Å². The van der Waals surface area contributed by atoms with E-state index in [1.165, 1.54) is 12.0 Å². The van der Waals surface area contributed by atoms with Crippen LogP contribution < -0.4 is 10.1 Å². The fourth-order valence-corrected chi connectivity index (χ4v) is 2.56. The second-order valence-electron chi connectivity index (χ2n) is 4.96. The molecule has 1 aromatic rings. The first-order valence-corrected chi connectivity index (χ1v) is 6.74. The predicted molar refractivity (Wildman–Crippen MR) is 73.2 cm³/mol. The third kappa shape index (κ3) is 3.24. The first-order valence-electron chi connectivity index (χ1n) is 6.74. The van der Waals surface area contributed by atoms with Crippen LogP contribution >= 0.6 is 0 Å². The summed E-state index contributed by atoms with van der Waals surface area (Å²) in [5.74, 6) is 2.27. The summed E-state index contributed by atoms with van der Waals surface area (Å²) < 4.78 is 10.9. The summed E-state index contributed by atoms with van der Waals surface area (Å²) in [6.45, 7) is 5.75. The van der Waals surface area contributed by atoms with Crippen LogP contribution in [0.5, 0.6) is 5.75 Å². The molecule has 1 fully saturated rings. The molecule has 1 aliphatic heterocycles. The highest BCUT2D eigenvalue weighted by Gasteiger charge is 2.25. The van der Waals surface area contributed by atoms with Crippen LogP contribution in [-0.2, 0) is 4.74 Å². The first kappa shape index (κ1) is 13.4. The lowest BCUT2D eigenvalue weighted by atomic mass is 9.82. The Morgan fingerprint density at radius 3 is 2.89 bits per heavy atom. The zero-order chi connectivity index (χ0) is 12.8. The highest BCUT2D eigenvalue weighted by molar-refractivity contribution is 5.37. The van der Waals surface area contributed by atoms with Crippen molar-refractivity contribution in [2.24, 2.45) is 5.92 Å². The third-order valence-corrected chi connectivity index (χ3v) is 3.69. The number of benzene rings is 1. The molecule has 1 saturated heterocycles. The van der Waals surface area contributed by atoms with Gasteiger partial charge in [-0.1, -0.05) is 25.1 Å². The number of hydrogen-bond donors (Lipinski definition) is 1. The van der Waals surface area contributed by atoms with Gasteiger partial charge < -0.3 is 14.8 Å². The Balaban J connectivity index is 2.10. The van der Waals surface area contributed by atoms with Crippen LogP contribution in [0.15, 0.2) is 24.3 Å². The maximum absolute atomic E-state index is 5.83. The van der Waals surface area contributed by atoms with Crippen LogP contribution in [0.1, 0.15) is 24.8 Å². The summed E-state index contributed by atoms with van der Waals surface area (Å²) in [7, 11) is 1.70. The molecule has 2 unspecified atom stereocenters. The van der Waals surface area contributed by atoms with E-state index in [1.54, 1.807) is 7.11 Å². The van der Waals surface area contributed by atoms with E-state index in [0.717, 1.165) is 18.8 Å². The van der Waals surface area contributed by atoms with Gasteiger partial charge in [0.15, 0.2) is 0 Å². The highest BCUT2D eigenvalue weighted by Crippen LogP contribution is 2.34. The summed E-state index contributed by atoms with van der Waals surface area (Å²) in [6, 6.07) is 8.38. The van der Waals surface area contributed by atoms with Crippen molar-refractivity contribution in [2.45, 2.75) is 19.3 Å². The van der Waals surface area contributed by atoms with Crippen molar-refractivity contribution in [3.63, 3.8) is 0 Å². The average Bonchev–Trinajstić information content (AvgIpc) is 2.40. The van der Waals surface area contributed by atoms with Crippen LogP contribution in [0.4, 0.5) is 0 Å². The van der Waals surface area contributed by atoms with E-state index in [4.69, 9.17) is 9.47 Å². The minimum Gasteiger partial charge on any atom is -0.491 e. The molecule has 2 rings (SSSR count). The Labute approximate surface area is 109 Å². The fourth-order valence-electron chi connectivity index (χ4n) is 2.56. The van der Waals surface area contributed by atoms with Gasteiger partial charge >= 0.3 is 0 Å². The Kier molecular flexibility index (Phi) is 5.02. The van der Waals surface area contributed by atoms with Crippen LogP contribution in [0, 0.1) is 5.92 Å². The van der Waals surface area contributed by atoms with E-state index in [-0.39, 0.29) is 0 Å². The standard InChI is InChI=1S/C15H23NO2/c1-12-7-8-16-11-14(12)13-5-3-4-6-15(13)18-10-9-17-2/h3-6,12,14,16H,7-11H2,1-2H3. The molecule has 0 bridgehead atoms. The highest BCUT2D eigenvalue weighted by atomic mass is 16.5. The van der Waals surface area contributed by atoms with Gasteiger partial charge in [0.05, 0.1) is 6.61 Å². The van der Waals surface area contributed by atoms with Crippen molar-refractivity contribution >= 4 is 0 Å². The Hall–Kier alpha value is -1.06. The third-order valence-electron chi connectivity index (χ3n) is 3.69.